The van der Waals surface area contributed by atoms with Crippen LogP contribution in [-0.4, -0.2) is 43.6 Å². The van der Waals surface area contributed by atoms with Crippen LogP contribution in [0.25, 0.3) is 0 Å². The molecule has 124 valence electrons. The highest BCUT2D eigenvalue weighted by molar-refractivity contribution is 8.18. The van der Waals surface area contributed by atoms with Crippen molar-refractivity contribution in [3.63, 3.8) is 0 Å². The average molecular weight is 336 g/mol. The Labute approximate surface area is 140 Å². The van der Waals surface area contributed by atoms with Crippen LogP contribution in [0, 0.1) is 0 Å². The highest BCUT2D eigenvalue weighted by Crippen LogP contribution is 2.15. The van der Waals surface area contributed by atoms with E-state index in [-0.39, 0.29) is 30.6 Å². The molecule has 0 aliphatic rings. The fourth-order valence-corrected chi connectivity index (χ4v) is 2.03. The van der Waals surface area contributed by atoms with Crippen LogP contribution >= 0.6 is 11.8 Å². The largest absolute Gasteiger partial charge is 0.485 e. The molecule has 0 bridgehead atoms. The van der Waals surface area contributed by atoms with Gasteiger partial charge in [0.15, 0.2) is 6.61 Å². The number of carbonyl (C=O) groups is 2. The van der Waals surface area contributed by atoms with E-state index in [2.05, 4.69) is 16.9 Å². The predicted molar refractivity (Wildman–Crippen MR) is 93.2 cm³/mol. The Morgan fingerprint density at radius 1 is 1.35 bits per heavy atom. The van der Waals surface area contributed by atoms with E-state index >= 15 is 0 Å². The molecule has 0 radical (unpaired) electrons. The molecule has 6 nitrogen and oxygen atoms in total. The van der Waals surface area contributed by atoms with Crippen molar-refractivity contribution < 1.29 is 19.1 Å². The molecule has 7 heteroatoms. The summed E-state index contributed by atoms with van der Waals surface area (Å²) < 4.78 is 10.2. The zero-order chi connectivity index (χ0) is 17.1. The number of Topliss-reactive ketones (excluding diaryl/α,β-unsaturated/α-hetero) is 1. The van der Waals surface area contributed by atoms with E-state index in [4.69, 9.17) is 9.47 Å². The maximum Gasteiger partial charge on any atom is 0.327 e. The van der Waals surface area contributed by atoms with E-state index in [0.717, 1.165) is 17.4 Å². The van der Waals surface area contributed by atoms with E-state index < -0.39 is 5.97 Å². The lowest BCUT2D eigenvalue weighted by atomic mass is 10.3. The van der Waals surface area contributed by atoms with Crippen LogP contribution in [0.1, 0.15) is 6.92 Å². The van der Waals surface area contributed by atoms with Crippen molar-refractivity contribution >= 4 is 34.2 Å². The topological polar surface area (TPSA) is 77.0 Å². The monoisotopic (exact) mass is 336 g/mol. The van der Waals surface area contributed by atoms with Crippen molar-refractivity contribution in [1.82, 2.24) is 0 Å². The van der Waals surface area contributed by atoms with Crippen molar-refractivity contribution in [2.24, 2.45) is 4.99 Å². The number of rotatable bonds is 9. The second-order valence-corrected chi connectivity index (χ2v) is 5.15. The predicted octanol–water partition coefficient (Wildman–Crippen LogP) is 2.51. The van der Waals surface area contributed by atoms with Crippen LogP contribution < -0.4 is 10.1 Å². The second-order valence-electron chi connectivity index (χ2n) is 4.20. The summed E-state index contributed by atoms with van der Waals surface area (Å²) in [6.07, 6.45) is 0. The molecule has 1 aromatic rings. The molecule has 1 N–H and O–H groups in total. The van der Waals surface area contributed by atoms with Crippen LogP contribution in [0.15, 0.2) is 41.2 Å². The molecule has 0 spiro atoms. The molecule has 0 fully saturated rings. The molecule has 0 atom stereocenters. The molecule has 0 saturated heterocycles. The van der Waals surface area contributed by atoms with Crippen molar-refractivity contribution in [2.75, 3.05) is 32.1 Å². The van der Waals surface area contributed by atoms with Gasteiger partial charge in [-0.05, 0) is 36.6 Å². The summed E-state index contributed by atoms with van der Waals surface area (Å²) >= 11 is 1.05. The minimum Gasteiger partial charge on any atom is -0.485 e. The Morgan fingerprint density at radius 3 is 2.61 bits per heavy atom. The lowest BCUT2D eigenvalue weighted by molar-refractivity contribution is -0.141. The van der Waals surface area contributed by atoms with Crippen molar-refractivity contribution in [1.29, 1.82) is 0 Å². The standard InChI is InChI=1S/C16H20N2O4S/c1-4-21-15(20)10-18-16(23-5-2)14(19)11-22-13-8-6-12(17-3)7-9-13/h5-9,17H,2,4,10-11H2,1,3H3. The number of hydrogen-bond acceptors (Lipinski definition) is 7. The van der Waals surface area contributed by atoms with Gasteiger partial charge in [-0.3, -0.25) is 14.6 Å². The third kappa shape index (κ3) is 7.01. The van der Waals surface area contributed by atoms with Gasteiger partial charge in [0, 0.05) is 12.7 Å². The number of nitrogens with zero attached hydrogens (tertiary/aromatic N) is 1. The number of thioether (sulfide) groups is 1. The first-order valence-electron chi connectivity index (χ1n) is 7.02. The second kappa shape index (κ2) is 10.4. The lowest BCUT2D eigenvalue weighted by Crippen LogP contribution is -2.20. The molecular weight excluding hydrogens is 316 g/mol. The number of carbonyl (C=O) groups excluding carboxylic acids is 2. The van der Waals surface area contributed by atoms with Gasteiger partial charge in [-0.15, -0.1) is 0 Å². The van der Waals surface area contributed by atoms with Crippen molar-refractivity contribution in [3.8, 4) is 5.75 Å². The van der Waals surface area contributed by atoms with Gasteiger partial charge in [-0.25, -0.2) is 0 Å². The average Bonchev–Trinajstić information content (AvgIpc) is 2.57. The molecule has 1 aromatic carbocycles. The first-order valence-corrected chi connectivity index (χ1v) is 7.90. The van der Waals surface area contributed by atoms with Gasteiger partial charge >= 0.3 is 5.97 Å². The number of anilines is 1. The maximum atomic E-state index is 12.1. The Hall–Kier alpha value is -2.28. The van der Waals surface area contributed by atoms with Crippen molar-refractivity contribution in [2.45, 2.75) is 6.92 Å². The molecule has 23 heavy (non-hydrogen) atoms. The molecule has 1 rings (SSSR count). The highest BCUT2D eigenvalue weighted by Gasteiger charge is 2.13. The van der Waals surface area contributed by atoms with Crippen LogP contribution in [0.5, 0.6) is 5.75 Å². The van der Waals surface area contributed by atoms with Crippen LogP contribution in [0.4, 0.5) is 5.69 Å². The number of esters is 1. The zero-order valence-electron chi connectivity index (χ0n) is 13.2. The van der Waals surface area contributed by atoms with Gasteiger partial charge in [0.25, 0.3) is 0 Å². The molecule has 0 heterocycles. The molecule has 0 saturated carbocycles. The zero-order valence-corrected chi connectivity index (χ0v) is 14.0. The fraction of sp³-hybridized carbons (Fsp3) is 0.312. The third-order valence-electron chi connectivity index (χ3n) is 2.60. The SMILES string of the molecule is C=CSC(=NCC(=O)OCC)C(=O)COc1ccc(NC)cc1. The minimum absolute atomic E-state index is 0.165. The van der Waals surface area contributed by atoms with Gasteiger partial charge in [-0.1, -0.05) is 18.3 Å². The molecular formula is C16H20N2O4S. The molecule has 0 unspecified atom stereocenters. The first kappa shape index (κ1) is 18.8. The smallest absolute Gasteiger partial charge is 0.327 e. The van der Waals surface area contributed by atoms with Gasteiger partial charge in [0.05, 0.1) is 6.61 Å². The van der Waals surface area contributed by atoms with Crippen LogP contribution in [0.2, 0.25) is 0 Å². The fourth-order valence-electron chi connectivity index (χ4n) is 1.54. The quantitative estimate of drug-likeness (QED) is 0.424. The summed E-state index contributed by atoms with van der Waals surface area (Å²) in [7, 11) is 1.82. The van der Waals surface area contributed by atoms with E-state index in [1.165, 1.54) is 5.41 Å². The van der Waals surface area contributed by atoms with E-state index in [1.54, 1.807) is 19.1 Å². The molecule has 0 aromatic heterocycles. The van der Waals surface area contributed by atoms with E-state index in [1.807, 2.05) is 19.2 Å². The molecule has 0 aliphatic carbocycles. The highest BCUT2D eigenvalue weighted by atomic mass is 32.2. The Bertz CT molecular complexity index is 570. The van der Waals surface area contributed by atoms with Crippen LogP contribution in [0.3, 0.4) is 0 Å². The summed E-state index contributed by atoms with van der Waals surface area (Å²) in [5, 5.41) is 4.63. The summed E-state index contributed by atoms with van der Waals surface area (Å²) in [5.74, 6) is -0.228. The van der Waals surface area contributed by atoms with Gasteiger partial charge < -0.3 is 14.8 Å². The van der Waals surface area contributed by atoms with Crippen molar-refractivity contribution in [3.05, 3.63) is 36.3 Å². The van der Waals surface area contributed by atoms with Crippen LogP contribution in [-0.2, 0) is 14.3 Å². The summed E-state index contributed by atoms with van der Waals surface area (Å²) in [5.41, 5.74) is 0.947. The number of aliphatic imine (C=N–C) groups is 1. The normalized spacial score (nSPS) is 10.8. The summed E-state index contributed by atoms with van der Waals surface area (Å²) in [6.45, 7) is 5.17. The number of benzene rings is 1. The summed E-state index contributed by atoms with van der Waals surface area (Å²) in [6, 6.07) is 7.20. The molecule has 0 aliphatic heterocycles. The number of ketones is 1. The maximum absolute atomic E-state index is 12.1. The Balaban J connectivity index is 2.60. The third-order valence-corrected chi connectivity index (χ3v) is 3.35. The van der Waals surface area contributed by atoms with Gasteiger partial charge in [0.1, 0.15) is 17.3 Å². The number of nitrogens with one attached hydrogen (secondary N) is 1. The van der Waals surface area contributed by atoms with Gasteiger partial charge in [-0.2, -0.15) is 0 Å². The molecule has 0 amide bonds. The first-order chi connectivity index (χ1) is 11.1. The summed E-state index contributed by atoms with van der Waals surface area (Å²) in [4.78, 5) is 27.4. The number of hydrogen-bond donors (Lipinski definition) is 1. The van der Waals surface area contributed by atoms with E-state index in [0.29, 0.717) is 5.75 Å². The number of ether oxygens (including phenoxy) is 2. The lowest BCUT2D eigenvalue weighted by Gasteiger charge is -2.07. The Kier molecular flexibility index (Phi) is 8.52. The van der Waals surface area contributed by atoms with Gasteiger partial charge in [0.2, 0.25) is 5.78 Å². The van der Waals surface area contributed by atoms with E-state index in [9.17, 15) is 9.59 Å². The minimum atomic E-state index is -0.481. The Morgan fingerprint density at radius 2 is 2.04 bits per heavy atom.